The average Bonchev–Trinajstić information content (AvgIpc) is 3.35. The Morgan fingerprint density at radius 1 is 0.161 bits per heavy atom. The highest BCUT2D eigenvalue weighted by molar-refractivity contribution is 6.40. The van der Waals surface area contributed by atoms with Crippen LogP contribution < -0.4 is 0 Å². The van der Waals surface area contributed by atoms with Gasteiger partial charge in [-0.1, -0.05) is 194 Å². The van der Waals surface area contributed by atoms with Gasteiger partial charge < -0.3 is 0 Å². The second kappa shape index (κ2) is 12.7. The quantitative estimate of drug-likeness (QED) is 0.153. The van der Waals surface area contributed by atoms with Crippen molar-refractivity contribution in [2.45, 2.75) is 0 Å². The van der Waals surface area contributed by atoms with Gasteiger partial charge in [-0.25, -0.2) is 0 Å². The van der Waals surface area contributed by atoms with Crippen LogP contribution in [-0.4, -0.2) is 0 Å². The molecule has 0 N–H and O–H groups in total. The fraction of sp³-hybridized carbons (Fsp3) is 0. The van der Waals surface area contributed by atoms with Crippen LogP contribution in [0, 0.1) is 0 Å². The van der Waals surface area contributed by atoms with Gasteiger partial charge in [-0.3, -0.25) is 0 Å². The zero-order valence-corrected chi connectivity index (χ0v) is 33.8. The molecule has 0 heterocycles. The van der Waals surface area contributed by atoms with Gasteiger partial charge in [-0.15, -0.1) is 0 Å². The summed E-state index contributed by atoms with van der Waals surface area (Å²) in [7, 11) is 0. The van der Waals surface area contributed by atoms with Crippen LogP contribution in [-0.2, 0) is 0 Å². The van der Waals surface area contributed by atoms with E-state index in [0.29, 0.717) is 0 Å². The molecule has 0 radical (unpaired) electrons. The molecule has 0 heteroatoms. The molecule has 14 aromatic rings. The van der Waals surface area contributed by atoms with E-state index < -0.39 is 0 Å². The largest absolute Gasteiger partial charge is 0.0616 e. The van der Waals surface area contributed by atoms with E-state index in [-0.39, 0.29) is 0 Å². The highest BCUT2D eigenvalue weighted by atomic mass is 14.2. The lowest BCUT2D eigenvalue weighted by molar-refractivity contribution is 1.71. The molecule has 14 aromatic carbocycles. The van der Waals surface area contributed by atoms with Gasteiger partial charge >= 0.3 is 0 Å². The molecule has 0 amide bonds. The molecule has 0 aliphatic rings. The van der Waals surface area contributed by atoms with E-state index in [1.807, 2.05) is 0 Å². The van der Waals surface area contributed by atoms with Crippen LogP contribution in [0.3, 0.4) is 0 Å². The standard InChI is InChI=1S/C62H36/c1-3-15-41-37(13-1)25-29-49-43-17-5-7-21-47(43)55(35-57(41)49)39-27-31-51-45-19-9-12-24-54(45)62-60-34-40(28-32-52(60)46-20-10-11-23-53(46)61(62)59(51)33-39)56-36-58-42-16-4-2-14-38(42)26-30-50(58)44-18-6-8-22-48(44)56/h1-36H. The highest BCUT2D eigenvalue weighted by Crippen LogP contribution is 2.48. The number of hydrogen-bond acceptors (Lipinski definition) is 0. The van der Waals surface area contributed by atoms with E-state index in [4.69, 9.17) is 0 Å². The summed E-state index contributed by atoms with van der Waals surface area (Å²) in [6, 6.07) is 82.1. The third-order valence-corrected chi connectivity index (χ3v) is 14.0. The first-order valence-electron chi connectivity index (χ1n) is 21.7. The minimum atomic E-state index is 1.23. The maximum absolute atomic E-state index is 2.49. The predicted molar refractivity (Wildman–Crippen MR) is 270 cm³/mol. The van der Waals surface area contributed by atoms with Crippen molar-refractivity contribution in [1.82, 2.24) is 0 Å². The maximum Gasteiger partial charge on any atom is -0.00137 e. The summed E-state index contributed by atoms with van der Waals surface area (Å²) in [6.45, 7) is 0. The van der Waals surface area contributed by atoms with Crippen molar-refractivity contribution in [3.05, 3.63) is 218 Å². The zero-order chi connectivity index (χ0) is 40.5. The third-order valence-electron chi connectivity index (χ3n) is 14.0. The molecule has 0 atom stereocenters. The molecule has 284 valence electrons. The number of hydrogen-bond donors (Lipinski definition) is 0. The first-order chi connectivity index (χ1) is 30.8. The van der Waals surface area contributed by atoms with Crippen molar-refractivity contribution < 1.29 is 0 Å². The summed E-state index contributed by atoms with van der Waals surface area (Å²) < 4.78 is 0. The van der Waals surface area contributed by atoms with Crippen LogP contribution in [0.2, 0.25) is 0 Å². The second-order valence-corrected chi connectivity index (χ2v) is 17.1. The van der Waals surface area contributed by atoms with Crippen molar-refractivity contribution in [3.63, 3.8) is 0 Å². The maximum atomic E-state index is 2.49. The molecule has 0 bridgehead atoms. The fourth-order valence-corrected chi connectivity index (χ4v) is 11.2. The van der Waals surface area contributed by atoms with E-state index >= 15 is 0 Å². The molecule has 62 heavy (non-hydrogen) atoms. The summed E-state index contributed by atoms with van der Waals surface area (Å²) in [5.41, 5.74) is 4.98. The molecular weight excluding hydrogens is 745 g/mol. The summed E-state index contributed by atoms with van der Waals surface area (Å²) in [4.78, 5) is 0. The molecule has 0 spiro atoms. The molecule has 0 aliphatic carbocycles. The van der Waals surface area contributed by atoms with Gasteiger partial charge in [-0.2, -0.15) is 0 Å². The molecule has 0 nitrogen and oxygen atoms in total. The van der Waals surface area contributed by atoms with Gasteiger partial charge in [0, 0.05) is 0 Å². The van der Waals surface area contributed by atoms with Crippen LogP contribution in [0.1, 0.15) is 0 Å². The molecule has 0 aliphatic heterocycles. The Bertz CT molecular complexity index is 3990. The minimum Gasteiger partial charge on any atom is -0.0616 e. The Balaban J connectivity index is 1.12. The van der Waals surface area contributed by atoms with E-state index in [2.05, 4.69) is 218 Å². The molecule has 0 saturated heterocycles. The third kappa shape index (κ3) is 4.67. The Hall–Kier alpha value is -8.06. The van der Waals surface area contributed by atoms with Crippen LogP contribution in [0.25, 0.3) is 141 Å². The van der Waals surface area contributed by atoms with Crippen LogP contribution in [0.5, 0.6) is 0 Å². The van der Waals surface area contributed by atoms with E-state index in [0.717, 1.165) is 0 Å². The van der Waals surface area contributed by atoms with Gasteiger partial charge in [0.25, 0.3) is 0 Å². The van der Waals surface area contributed by atoms with Crippen molar-refractivity contribution in [2.24, 2.45) is 0 Å². The normalized spacial score (nSPS) is 12.2. The van der Waals surface area contributed by atoms with Crippen LogP contribution in [0.15, 0.2) is 218 Å². The van der Waals surface area contributed by atoms with E-state index in [9.17, 15) is 0 Å². The van der Waals surface area contributed by atoms with Gasteiger partial charge in [0.1, 0.15) is 0 Å². The lowest BCUT2D eigenvalue weighted by Crippen LogP contribution is -1.91. The lowest BCUT2D eigenvalue weighted by atomic mass is 9.84. The first kappa shape index (κ1) is 33.7. The number of rotatable bonds is 2. The van der Waals surface area contributed by atoms with E-state index in [1.165, 1.54) is 141 Å². The van der Waals surface area contributed by atoms with E-state index in [1.54, 1.807) is 0 Å². The lowest BCUT2D eigenvalue weighted by Gasteiger charge is -2.19. The molecule has 0 unspecified atom stereocenters. The van der Waals surface area contributed by atoms with Gasteiger partial charge in [0.05, 0.1) is 0 Å². The Kier molecular flexibility index (Phi) is 6.92. The Labute approximate surface area is 357 Å². The summed E-state index contributed by atoms with van der Waals surface area (Å²) in [6.07, 6.45) is 0. The molecule has 0 aromatic heterocycles. The summed E-state index contributed by atoms with van der Waals surface area (Å²) in [5, 5.41) is 28.3. The predicted octanol–water partition coefficient (Wildman–Crippen LogP) is 17.7. The summed E-state index contributed by atoms with van der Waals surface area (Å²) in [5.74, 6) is 0. The van der Waals surface area contributed by atoms with Crippen LogP contribution >= 0.6 is 0 Å². The topological polar surface area (TPSA) is 0 Å². The Morgan fingerprint density at radius 2 is 0.452 bits per heavy atom. The smallest absolute Gasteiger partial charge is 0.00137 e. The van der Waals surface area contributed by atoms with Crippen molar-refractivity contribution in [3.8, 4) is 22.3 Å². The van der Waals surface area contributed by atoms with Crippen LogP contribution in [0.4, 0.5) is 0 Å². The van der Waals surface area contributed by atoms with Gasteiger partial charge in [0.2, 0.25) is 0 Å². The monoisotopic (exact) mass is 780 g/mol. The number of benzene rings is 14. The van der Waals surface area contributed by atoms with Gasteiger partial charge in [0.15, 0.2) is 0 Å². The minimum absolute atomic E-state index is 1.23. The summed E-state index contributed by atoms with van der Waals surface area (Å²) >= 11 is 0. The molecular formula is C62H36. The first-order valence-corrected chi connectivity index (χ1v) is 21.7. The fourth-order valence-electron chi connectivity index (χ4n) is 11.2. The molecule has 14 rings (SSSR count). The van der Waals surface area contributed by atoms with Crippen molar-refractivity contribution >= 4 is 118 Å². The highest BCUT2D eigenvalue weighted by Gasteiger charge is 2.19. The van der Waals surface area contributed by atoms with Crippen molar-refractivity contribution in [1.29, 1.82) is 0 Å². The SMILES string of the molecule is c1ccc2c(c1)ccc1c3ccccc3c(-c3ccc4c5ccccc5c5c6cc(-c7cc8c9ccccc9ccc8c8ccccc78)ccc6c6ccccc6c5c4c3)cc21. The number of fused-ring (bicyclic) bond motifs is 21. The molecule has 0 fully saturated rings. The second-order valence-electron chi connectivity index (χ2n) is 17.1. The van der Waals surface area contributed by atoms with Gasteiger partial charge in [-0.05, 0) is 165 Å². The Morgan fingerprint density at radius 3 is 0.871 bits per heavy atom. The molecule has 0 saturated carbocycles. The zero-order valence-electron chi connectivity index (χ0n) is 33.8. The average molecular weight is 781 g/mol. The van der Waals surface area contributed by atoms with Crippen molar-refractivity contribution in [2.75, 3.05) is 0 Å².